The van der Waals surface area contributed by atoms with Crippen LogP contribution in [0.4, 0.5) is 0 Å². The predicted octanol–water partition coefficient (Wildman–Crippen LogP) is 3.12. The third kappa shape index (κ3) is 3.75. The molecule has 20 heavy (non-hydrogen) atoms. The van der Waals surface area contributed by atoms with E-state index in [4.69, 9.17) is 10.5 Å². The van der Waals surface area contributed by atoms with Gasteiger partial charge in [-0.05, 0) is 38.5 Å². The normalized spacial score (nSPS) is 40.0. The Kier molecular flexibility index (Phi) is 5.36. The third-order valence-corrected chi connectivity index (χ3v) is 5.62. The molecule has 0 amide bonds. The molecule has 0 unspecified atom stereocenters. The van der Waals surface area contributed by atoms with Gasteiger partial charge in [0.2, 0.25) is 0 Å². The molecule has 0 spiro atoms. The third-order valence-electron chi connectivity index (χ3n) is 5.62. The smallest absolute Gasteiger partial charge is 0.0731 e. The van der Waals surface area contributed by atoms with E-state index in [1.807, 2.05) is 0 Å². The molecule has 0 radical (unpaired) electrons. The van der Waals surface area contributed by atoms with Crippen molar-refractivity contribution >= 4 is 0 Å². The summed E-state index contributed by atoms with van der Waals surface area (Å²) in [7, 11) is 0. The first-order valence-electron chi connectivity index (χ1n) is 9.00. The first kappa shape index (κ1) is 14.8. The van der Waals surface area contributed by atoms with Crippen LogP contribution in [0.1, 0.15) is 77.0 Å². The second-order valence-corrected chi connectivity index (χ2v) is 7.19. The van der Waals surface area contributed by atoms with E-state index >= 15 is 0 Å². The van der Waals surface area contributed by atoms with Crippen molar-refractivity contribution < 1.29 is 4.74 Å². The van der Waals surface area contributed by atoms with Gasteiger partial charge in [-0.1, -0.05) is 38.5 Å². The molecule has 3 fully saturated rings. The molecule has 3 aliphatic carbocycles. The Bertz CT molecular complexity index is 291. The molecule has 116 valence electrons. The van der Waals surface area contributed by atoms with Gasteiger partial charge in [-0.15, -0.1) is 0 Å². The van der Waals surface area contributed by atoms with Crippen molar-refractivity contribution in [2.45, 2.75) is 107 Å². The van der Waals surface area contributed by atoms with Crippen molar-refractivity contribution in [2.24, 2.45) is 5.73 Å². The van der Waals surface area contributed by atoms with Crippen LogP contribution >= 0.6 is 0 Å². The first-order chi connectivity index (χ1) is 9.83. The molecule has 0 saturated heterocycles. The van der Waals surface area contributed by atoms with E-state index in [1.54, 1.807) is 0 Å². The number of rotatable bonds is 4. The van der Waals surface area contributed by atoms with E-state index in [1.165, 1.54) is 77.0 Å². The van der Waals surface area contributed by atoms with E-state index < -0.39 is 0 Å². The minimum absolute atomic E-state index is 0.359. The first-order valence-corrected chi connectivity index (χ1v) is 9.00. The van der Waals surface area contributed by atoms with Crippen LogP contribution in [0.2, 0.25) is 0 Å². The van der Waals surface area contributed by atoms with Gasteiger partial charge in [-0.3, -0.25) is 0 Å². The van der Waals surface area contributed by atoms with Crippen LogP contribution in [0.3, 0.4) is 0 Å². The molecular weight excluding hydrogens is 248 g/mol. The second kappa shape index (κ2) is 7.24. The van der Waals surface area contributed by atoms with Crippen molar-refractivity contribution in [3.63, 3.8) is 0 Å². The summed E-state index contributed by atoms with van der Waals surface area (Å²) in [6.07, 6.45) is 16.6. The predicted molar refractivity (Wildman–Crippen MR) is 82.8 cm³/mol. The highest BCUT2D eigenvalue weighted by Gasteiger charge is 2.32. The molecule has 3 heteroatoms. The van der Waals surface area contributed by atoms with E-state index in [0.717, 1.165) is 0 Å². The van der Waals surface area contributed by atoms with Gasteiger partial charge in [-0.25, -0.2) is 0 Å². The summed E-state index contributed by atoms with van der Waals surface area (Å²) in [5.74, 6) is 0. The van der Waals surface area contributed by atoms with Gasteiger partial charge in [0.05, 0.1) is 12.2 Å². The summed E-state index contributed by atoms with van der Waals surface area (Å²) in [6.45, 7) is 0. The minimum atomic E-state index is 0.359. The van der Waals surface area contributed by atoms with Crippen LogP contribution in [0.25, 0.3) is 0 Å². The zero-order valence-electron chi connectivity index (χ0n) is 12.9. The highest BCUT2D eigenvalue weighted by Crippen LogP contribution is 2.29. The van der Waals surface area contributed by atoms with Crippen molar-refractivity contribution in [3.8, 4) is 0 Å². The van der Waals surface area contributed by atoms with Crippen LogP contribution < -0.4 is 11.1 Å². The van der Waals surface area contributed by atoms with E-state index in [9.17, 15) is 0 Å². The lowest BCUT2D eigenvalue weighted by Crippen LogP contribution is -2.55. The molecule has 0 bridgehead atoms. The average molecular weight is 280 g/mol. The molecule has 0 aromatic heterocycles. The van der Waals surface area contributed by atoms with Gasteiger partial charge in [0, 0.05) is 18.1 Å². The fourth-order valence-corrected chi connectivity index (χ4v) is 4.36. The minimum Gasteiger partial charge on any atom is -0.373 e. The van der Waals surface area contributed by atoms with Gasteiger partial charge in [0.1, 0.15) is 0 Å². The maximum Gasteiger partial charge on any atom is 0.0731 e. The Labute approximate surface area is 124 Å². The summed E-state index contributed by atoms with van der Waals surface area (Å²) in [4.78, 5) is 0. The van der Waals surface area contributed by atoms with Gasteiger partial charge in [0.25, 0.3) is 0 Å². The van der Waals surface area contributed by atoms with Gasteiger partial charge in [-0.2, -0.15) is 0 Å². The van der Waals surface area contributed by atoms with Crippen molar-refractivity contribution in [1.29, 1.82) is 0 Å². The molecule has 4 atom stereocenters. The van der Waals surface area contributed by atoms with Crippen LogP contribution in [0.15, 0.2) is 0 Å². The fraction of sp³-hybridized carbons (Fsp3) is 1.00. The topological polar surface area (TPSA) is 47.3 Å². The number of nitrogens with one attached hydrogen (secondary N) is 1. The van der Waals surface area contributed by atoms with Gasteiger partial charge < -0.3 is 15.8 Å². The maximum atomic E-state index is 6.44. The van der Waals surface area contributed by atoms with Crippen LogP contribution in [-0.4, -0.2) is 30.3 Å². The summed E-state index contributed by atoms with van der Waals surface area (Å²) in [5.41, 5.74) is 6.30. The number of nitrogens with two attached hydrogens (primary N) is 1. The fourth-order valence-electron chi connectivity index (χ4n) is 4.36. The average Bonchev–Trinajstić information content (AvgIpc) is 2.96. The molecule has 3 rings (SSSR count). The lowest BCUT2D eigenvalue weighted by molar-refractivity contribution is -0.0465. The summed E-state index contributed by atoms with van der Waals surface area (Å²) in [5, 5.41) is 3.88. The molecular formula is C17H32N2O. The number of ether oxygens (including phenoxy) is 1. The number of hydrogen-bond acceptors (Lipinski definition) is 3. The molecule has 3 aliphatic rings. The second-order valence-electron chi connectivity index (χ2n) is 7.19. The zero-order valence-corrected chi connectivity index (χ0v) is 12.9. The summed E-state index contributed by atoms with van der Waals surface area (Å²) >= 11 is 0. The summed E-state index contributed by atoms with van der Waals surface area (Å²) in [6, 6.07) is 1.44. The zero-order chi connectivity index (χ0) is 13.8. The van der Waals surface area contributed by atoms with Crippen molar-refractivity contribution in [3.05, 3.63) is 0 Å². The molecule has 0 heterocycles. The Morgan fingerprint density at radius 1 is 0.700 bits per heavy atom. The monoisotopic (exact) mass is 280 g/mol. The molecule has 0 aromatic carbocycles. The van der Waals surface area contributed by atoms with Crippen LogP contribution in [-0.2, 0) is 4.74 Å². The molecule has 3 nitrogen and oxygen atoms in total. The Morgan fingerprint density at radius 3 is 2.05 bits per heavy atom. The highest BCUT2D eigenvalue weighted by molar-refractivity contribution is 4.91. The Morgan fingerprint density at radius 2 is 1.30 bits per heavy atom. The Hall–Kier alpha value is -0.120. The lowest BCUT2D eigenvalue weighted by Gasteiger charge is -2.39. The maximum absolute atomic E-state index is 6.44. The lowest BCUT2D eigenvalue weighted by atomic mass is 9.87. The molecule has 0 aliphatic heterocycles. The molecule has 3 N–H and O–H groups in total. The quantitative estimate of drug-likeness (QED) is 0.832. The highest BCUT2D eigenvalue weighted by atomic mass is 16.5. The van der Waals surface area contributed by atoms with E-state index in [2.05, 4.69) is 5.32 Å². The molecule has 0 aromatic rings. The van der Waals surface area contributed by atoms with Gasteiger partial charge in [0.15, 0.2) is 0 Å². The SMILES string of the molecule is N[C@H]1CCCC[C@@H]1N[C@@H]1CCCC[C@@H]1OC1CCCC1. The van der Waals surface area contributed by atoms with Crippen molar-refractivity contribution in [2.75, 3.05) is 0 Å². The largest absolute Gasteiger partial charge is 0.373 e. The standard InChI is InChI=1S/C17H32N2O/c18-14-9-3-4-10-15(14)19-16-11-5-6-12-17(16)20-13-7-1-2-8-13/h13-17,19H,1-12,18H2/t14-,15-,16+,17-/m0/s1. The number of hydrogen-bond donors (Lipinski definition) is 2. The Balaban J connectivity index is 1.53. The summed E-state index contributed by atoms with van der Waals surface area (Å²) < 4.78 is 6.44. The van der Waals surface area contributed by atoms with E-state index in [-0.39, 0.29) is 0 Å². The van der Waals surface area contributed by atoms with Crippen molar-refractivity contribution in [1.82, 2.24) is 5.32 Å². The van der Waals surface area contributed by atoms with Gasteiger partial charge >= 0.3 is 0 Å². The van der Waals surface area contributed by atoms with Crippen LogP contribution in [0, 0.1) is 0 Å². The van der Waals surface area contributed by atoms with Crippen LogP contribution in [0.5, 0.6) is 0 Å². The molecule has 3 saturated carbocycles. The van der Waals surface area contributed by atoms with E-state index in [0.29, 0.717) is 30.3 Å².